The van der Waals surface area contributed by atoms with Crippen molar-refractivity contribution in [3.8, 4) is 0 Å². The highest BCUT2D eigenvalue weighted by Gasteiger charge is 2.22. The summed E-state index contributed by atoms with van der Waals surface area (Å²) >= 11 is 3.02. The number of halogens is 2. The van der Waals surface area contributed by atoms with Gasteiger partial charge in [-0.2, -0.15) is 0 Å². The molecule has 4 nitrogen and oxygen atoms in total. The van der Waals surface area contributed by atoms with E-state index in [1.165, 1.54) is 28.3 Å². The van der Waals surface area contributed by atoms with Crippen LogP contribution in [0.4, 0.5) is 14.5 Å². The number of amides is 1. The second kappa shape index (κ2) is 6.92. The lowest BCUT2D eigenvalue weighted by molar-refractivity contribution is -0.113. The maximum atomic E-state index is 13.7. The van der Waals surface area contributed by atoms with Crippen molar-refractivity contribution in [1.82, 2.24) is 9.97 Å². The summed E-state index contributed by atoms with van der Waals surface area (Å²) in [5.74, 6) is -1.08. The molecule has 2 aromatic heterocycles. The van der Waals surface area contributed by atoms with Gasteiger partial charge >= 0.3 is 0 Å². The SMILES string of the molecule is Cc1nc(SCC(=O)Nc2ccc(F)cc2F)c2c3c(sc2n1)CCC3. The van der Waals surface area contributed by atoms with Crippen LogP contribution >= 0.6 is 23.1 Å². The largest absolute Gasteiger partial charge is 0.323 e. The Kier molecular flexibility index (Phi) is 4.62. The van der Waals surface area contributed by atoms with Gasteiger partial charge in [0.2, 0.25) is 5.91 Å². The summed E-state index contributed by atoms with van der Waals surface area (Å²) in [6, 6.07) is 3.07. The number of benzene rings is 1. The van der Waals surface area contributed by atoms with Crippen LogP contribution in [-0.2, 0) is 17.6 Å². The number of fused-ring (bicyclic) bond motifs is 3. The summed E-state index contributed by atoms with van der Waals surface area (Å²) in [7, 11) is 0. The molecule has 0 bridgehead atoms. The lowest BCUT2D eigenvalue weighted by Gasteiger charge is -2.08. The van der Waals surface area contributed by atoms with E-state index in [2.05, 4.69) is 15.3 Å². The highest BCUT2D eigenvalue weighted by Crippen LogP contribution is 2.40. The average Bonchev–Trinajstić information content (AvgIpc) is 3.15. The highest BCUT2D eigenvalue weighted by molar-refractivity contribution is 8.00. The minimum absolute atomic E-state index is 0.0301. The van der Waals surface area contributed by atoms with Gasteiger partial charge in [0.15, 0.2) is 0 Å². The van der Waals surface area contributed by atoms with Crippen LogP contribution in [0.2, 0.25) is 0 Å². The Labute approximate surface area is 157 Å². The number of thioether (sulfide) groups is 1. The molecule has 1 aliphatic carbocycles. The first-order valence-corrected chi connectivity index (χ1v) is 9.98. The second-order valence-corrected chi connectivity index (χ2v) is 8.12. The highest BCUT2D eigenvalue weighted by atomic mass is 32.2. The zero-order valence-corrected chi connectivity index (χ0v) is 15.6. The van der Waals surface area contributed by atoms with E-state index in [0.29, 0.717) is 5.82 Å². The van der Waals surface area contributed by atoms with Gasteiger partial charge in [0.05, 0.1) is 11.4 Å². The van der Waals surface area contributed by atoms with Gasteiger partial charge in [-0.3, -0.25) is 4.79 Å². The first-order chi connectivity index (χ1) is 12.5. The zero-order chi connectivity index (χ0) is 18.3. The third-order valence-corrected chi connectivity index (χ3v) is 6.35. The van der Waals surface area contributed by atoms with E-state index in [0.717, 1.165) is 46.6 Å². The molecule has 8 heteroatoms. The van der Waals surface area contributed by atoms with Crippen molar-refractivity contribution in [2.75, 3.05) is 11.1 Å². The van der Waals surface area contributed by atoms with Crippen molar-refractivity contribution in [1.29, 1.82) is 0 Å². The van der Waals surface area contributed by atoms with Crippen LogP contribution in [0.15, 0.2) is 23.2 Å². The Balaban J connectivity index is 1.53. The van der Waals surface area contributed by atoms with Crippen molar-refractivity contribution in [2.24, 2.45) is 0 Å². The summed E-state index contributed by atoms with van der Waals surface area (Å²) in [5.41, 5.74) is 1.27. The van der Waals surface area contributed by atoms with Crippen molar-refractivity contribution in [2.45, 2.75) is 31.2 Å². The molecule has 0 saturated heterocycles. The standard InChI is InChI=1S/C18H15F2N3OS2/c1-9-21-17(16-11-3-2-4-14(11)26-18(16)22-9)25-8-15(24)23-13-6-5-10(19)7-12(13)20/h5-7H,2-4,8H2,1H3,(H,23,24). The van der Waals surface area contributed by atoms with Gasteiger partial charge in [-0.05, 0) is 43.9 Å². The van der Waals surface area contributed by atoms with Crippen molar-refractivity contribution in [3.05, 3.63) is 46.1 Å². The Morgan fingerprint density at radius 1 is 1.31 bits per heavy atom. The van der Waals surface area contributed by atoms with Crippen molar-refractivity contribution >= 4 is 44.9 Å². The Hall–Kier alpha value is -2.06. The third-order valence-electron chi connectivity index (χ3n) is 4.19. The molecular formula is C18H15F2N3OS2. The van der Waals surface area contributed by atoms with Crippen LogP contribution < -0.4 is 5.32 Å². The molecule has 0 aliphatic heterocycles. The van der Waals surface area contributed by atoms with Crippen LogP contribution in [0, 0.1) is 18.6 Å². The molecule has 0 radical (unpaired) electrons. The van der Waals surface area contributed by atoms with E-state index in [4.69, 9.17) is 0 Å². The normalized spacial score (nSPS) is 13.2. The Bertz CT molecular complexity index is 1020. The molecule has 4 rings (SSSR count). The quantitative estimate of drug-likeness (QED) is 0.526. The number of aromatic nitrogens is 2. The van der Waals surface area contributed by atoms with Crippen LogP contribution in [0.3, 0.4) is 0 Å². The number of nitrogens with one attached hydrogen (secondary N) is 1. The van der Waals surface area contributed by atoms with Gasteiger partial charge in [-0.25, -0.2) is 18.7 Å². The molecule has 134 valence electrons. The average molecular weight is 391 g/mol. The van der Waals surface area contributed by atoms with E-state index in [1.807, 2.05) is 6.92 Å². The molecule has 1 aromatic carbocycles. The van der Waals surface area contributed by atoms with Gasteiger partial charge in [0.25, 0.3) is 0 Å². The Morgan fingerprint density at radius 3 is 2.96 bits per heavy atom. The maximum Gasteiger partial charge on any atom is 0.234 e. The fourth-order valence-electron chi connectivity index (χ4n) is 3.08. The fourth-order valence-corrected chi connectivity index (χ4v) is 5.35. The molecule has 0 spiro atoms. The first-order valence-electron chi connectivity index (χ1n) is 8.18. The maximum absolute atomic E-state index is 13.7. The number of aryl methyl sites for hydroxylation is 3. The van der Waals surface area contributed by atoms with Gasteiger partial charge in [-0.1, -0.05) is 11.8 Å². The summed E-state index contributed by atoms with van der Waals surface area (Å²) < 4.78 is 26.6. The first kappa shape index (κ1) is 17.4. The van der Waals surface area contributed by atoms with Crippen LogP contribution in [0.5, 0.6) is 0 Å². The molecule has 0 fully saturated rings. The molecule has 26 heavy (non-hydrogen) atoms. The zero-order valence-electron chi connectivity index (χ0n) is 13.9. The fraction of sp³-hybridized carbons (Fsp3) is 0.278. The molecule has 0 unspecified atom stereocenters. The summed E-state index contributed by atoms with van der Waals surface area (Å²) in [5, 5.41) is 4.32. The smallest absolute Gasteiger partial charge is 0.234 e. The van der Waals surface area contributed by atoms with E-state index >= 15 is 0 Å². The Morgan fingerprint density at radius 2 is 2.15 bits per heavy atom. The summed E-state index contributed by atoms with van der Waals surface area (Å²) in [4.78, 5) is 23.5. The number of nitrogens with zero attached hydrogens (tertiary/aromatic N) is 2. The second-order valence-electron chi connectivity index (χ2n) is 6.07. The number of thiophene rings is 1. The van der Waals surface area contributed by atoms with Gasteiger partial charge in [-0.15, -0.1) is 11.3 Å². The molecule has 2 heterocycles. The summed E-state index contributed by atoms with van der Waals surface area (Å²) in [6.07, 6.45) is 3.23. The number of anilines is 1. The number of hydrogen-bond acceptors (Lipinski definition) is 5. The molecule has 1 aliphatic rings. The predicted molar refractivity (Wildman–Crippen MR) is 99.9 cm³/mol. The molecule has 0 saturated carbocycles. The van der Waals surface area contributed by atoms with Crippen LogP contribution in [-0.4, -0.2) is 21.6 Å². The molecular weight excluding hydrogens is 376 g/mol. The number of carbonyl (C=O) groups is 1. The molecule has 1 N–H and O–H groups in total. The van der Waals surface area contributed by atoms with Crippen molar-refractivity contribution < 1.29 is 13.6 Å². The topological polar surface area (TPSA) is 54.9 Å². The van der Waals surface area contributed by atoms with Crippen LogP contribution in [0.25, 0.3) is 10.2 Å². The van der Waals surface area contributed by atoms with E-state index < -0.39 is 11.6 Å². The monoisotopic (exact) mass is 391 g/mol. The lowest BCUT2D eigenvalue weighted by atomic mass is 10.2. The van der Waals surface area contributed by atoms with Crippen molar-refractivity contribution in [3.63, 3.8) is 0 Å². The van der Waals surface area contributed by atoms with E-state index in [1.54, 1.807) is 11.3 Å². The van der Waals surface area contributed by atoms with Crippen LogP contribution in [0.1, 0.15) is 22.7 Å². The van der Waals surface area contributed by atoms with Gasteiger partial charge < -0.3 is 5.32 Å². The number of hydrogen-bond donors (Lipinski definition) is 1. The molecule has 3 aromatic rings. The minimum atomic E-state index is -0.792. The minimum Gasteiger partial charge on any atom is -0.323 e. The van der Waals surface area contributed by atoms with E-state index in [-0.39, 0.29) is 17.3 Å². The lowest BCUT2D eigenvalue weighted by Crippen LogP contribution is -2.15. The van der Waals surface area contributed by atoms with Gasteiger partial charge in [0, 0.05) is 16.3 Å². The third kappa shape index (κ3) is 3.31. The van der Waals surface area contributed by atoms with Gasteiger partial charge in [0.1, 0.15) is 27.3 Å². The number of rotatable bonds is 4. The summed E-state index contributed by atoms with van der Waals surface area (Å²) in [6.45, 7) is 1.84. The molecule has 0 atom stereocenters. The molecule has 1 amide bonds. The number of carbonyl (C=O) groups excluding carboxylic acids is 1. The van der Waals surface area contributed by atoms with E-state index in [9.17, 15) is 13.6 Å². The predicted octanol–water partition coefficient (Wildman–Crippen LogP) is 4.50.